The molecule has 0 aliphatic rings. The highest BCUT2D eigenvalue weighted by Crippen LogP contribution is 2.15. The molecule has 0 aliphatic heterocycles. The number of anilines is 1. The van der Waals surface area contributed by atoms with E-state index in [0.29, 0.717) is 0 Å². The Labute approximate surface area is 109 Å². The normalized spacial score (nSPS) is 12.2. The van der Waals surface area contributed by atoms with Crippen LogP contribution in [0.25, 0.3) is 0 Å². The van der Waals surface area contributed by atoms with Crippen molar-refractivity contribution in [1.29, 1.82) is 0 Å². The smallest absolute Gasteiger partial charge is 0.226 e. The standard InChI is InChI=1S/C13H13F2N3O/c1-9(18-5-4-16-8-18)6-13(19)17-10-2-3-11(14)12(15)7-10/h2-5,7-9H,6H2,1H3,(H,17,19)/t9-/m0/s1. The van der Waals surface area contributed by atoms with Crippen LogP contribution in [0.4, 0.5) is 14.5 Å². The van der Waals surface area contributed by atoms with E-state index in [4.69, 9.17) is 0 Å². The summed E-state index contributed by atoms with van der Waals surface area (Å²) in [6.07, 6.45) is 5.23. The summed E-state index contributed by atoms with van der Waals surface area (Å²) in [4.78, 5) is 15.6. The Hall–Kier alpha value is -2.24. The Morgan fingerprint density at radius 3 is 2.84 bits per heavy atom. The largest absolute Gasteiger partial charge is 0.334 e. The summed E-state index contributed by atoms with van der Waals surface area (Å²) in [7, 11) is 0. The first kappa shape index (κ1) is 13.2. The van der Waals surface area contributed by atoms with E-state index in [2.05, 4.69) is 10.3 Å². The summed E-state index contributed by atoms with van der Waals surface area (Å²) in [5, 5.41) is 2.52. The average molecular weight is 265 g/mol. The van der Waals surface area contributed by atoms with Crippen molar-refractivity contribution in [3.8, 4) is 0 Å². The molecule has 19 heavy (non-hydrogen) atoms. The van der Waals surface area contributed by atoms with Crippen LogP contribution in [0, 0.1) is 11.6 Å². The van der Waals surface area contributed by atoms with Gasteiger partial charge in [-0.2, -0.15) is 0 Å². The number of carbonyl (C=O) groups excluding carboxylic acids is 1. The zero-order valence-corrected chi connectivity index (χ0v) is 10.3. The molecule has 0 saturated heterocycles. The highest BCUT2D eigenvalue weighted by Gasteiger charge is 2.11. The van der Waals surface area contributed by atoms with Crippen molar-refractivity contribution in [2.24, 2.45) is 0 Å². The molecule has 0 spiro atoms. The molecular weight excluding hydrogens is 252 g/mol. The Balaban J connectivity index is 1.95. The minimum absolute atomic E-state index is 0.0622. The highest BCUT2D eigenvalue weighted by atomic mass is 19.2. The molecule has 0 radical (unpaired) electrons. The van der Waals surface area contributed by atoms with Crippen molar-refractivity contribution in [2.45, 2.75) is 19.4 Å². The molecule has 1 aromatic heterocycles. The van der Waals surface area contributed by atoms with Crippen molar-refractivity contribution in [1.82, 2.24) is 9.55 Å². The van der Waals surface area contributed by atoms with E-state index < -0.39 is 11.6 Å². The summed E-state index contributed by atoms with van der Waals surface area (Å²) in [5.41, 5.74) is 0.238. The van der Waals surface area contributed by atoms with E-state index in [0.717, 1.165) is 12.1 Å². The molecule has 1 atom stereocenters. The zero-order valence-electron chi connectivity index (χ0n) is 10.3. The van der Waals surface area contributed by atoms with Gasteiger partial charge in [0.25, 0.3) is 0 Å². The highest BCUT2D eigenvalue weighted by molar-refractivity contribution is 5.90. The summed E-state index contributed by atoms with van der Waals surface area (Å²) in [6.45, 7) is 1.87. The molecule has 100 valence electrons. The Kier molecular flexibility index (Phi) is 3.89. The number of hydrogen-bond acceptors (Lipinski definition) is 2. The van der Waals surface area contributed by atoms with Crippen LogP contribution in [-0.4, -0.2) is 15.5 Å². The second-order valence-electron chi connectivity index (χ2n) is 4.24. The monoisotopic (exact) mass is 265 g/mol. The molecule has 6 heteroatoms. The van der Waals surface area contributed by atoms with Gasteiger partial charge in [-0.05, 0) is 19.1 Å². The summed E-state index contributed by atoms with van der Waals surface area (Å²) < 4.78 is 27.5. The molecule has 1 heterocycles. The molecule has 1 amide bonds. The van der Waals surface area contributed by atoms with E-state index in [1.807, 2.05) is 6.92 Å². The molecule has 0 fully saturated rings. The lowest BCUT2D eigenvalue weighted by atomic mass is 10.2. The Morgan fingerprint density at radius 2 is 2.21 bits per heavy atom. The molecule has 4 nitrogen and oxygen atoms in total. The second-order valence-corrected chi connectivity index (χ2v) is 4.24. The quantitative estimate of drug-likeness (QED) is 0.924. The minimum atomic E-state index is -0.986. The maximum Gasteiger partial charge on any atom is 0.226 e. The van der Waals surface area contributed by atoms with Crippen LogP contribution in [0.1, 0.15) is 19.4 Å². The number of aromatic nitrogens is 2. The number of imidazole rings is 1. The zero-order chi connectivity index (χ0) is 13.8. The predicted octanol–water partition coefficient (Wildman–Crippen LogP) is 2.75. The van der Waals surface area contributed by atoms with E-state index >= 15 is 0 Å². The SMILES string of the molecule is C[C@@H](CC(=O)Nc1ccc(F)c(F)c1)n1ccnc1. The van der Waals surface area contributed by atoms with Crippen LogP contribution in [0.2, 0.25) is 0 Å². The number of benzene rings is 1. The maximum absolute atomic E-state index is 13.0. The topological polar surface area (TPSA) is 46.9 Å². The first-order valence-electron chi connectivity index (χ1n) is 5.78. The number of rotatable bonds is 4. The fourth-order valence-corrected chi connectivity index (χ4v) is 1.69. The minimum Gasteiger partial charge on any atom is -0.334 e. The van der Waals surface area contributed by atoms with Crippen molar-refractivity contribution >= 4 is 11.6 Å². The fraction of sp³-hybridized carbons (Fsp3) is 0.231. The van der Waals surface area contributed by atoms with Crippen molar-refractivity contribution in [3.05, 3.63) is 48.6 Å². The molecule has 1 N–H and O–H groups in total. The number of amides is 1. The molecule has 0 aliphatic carbocycles. The third-order valence-corrected chi connectivity index (χ3v) is 2.72. The lowest BCUT2D eigenvalue weighted by Crippen LogP contribution is -2.17. The number of carbonyl (C=O) groups is 1. The van der Waals surface area contributed by atoms with Crippen LogP contribution < -0.4 is 5.32 Å². The second kappa shape index (κ2) is 5.60. The van der Waals surface area contributed by atoms with Gasteiger partial charge >= 0.3 is 0 Å². The van der Waals surface area contributed by atoms with Gasteiger partial charge in [0.2, 0.25) is 5.91 Å². The molecule has 2 aromatic rings. The van der Waals surface area contributed by atoms with Gasteiger partial charge in [-0.25, -0.2) is 13.8 Å². The third-order valence-electron chi connectivity index (χ3n) is 2.72. The van der Waals surface area contributed by atoms with Crippen LogP contribution >= 0.6 is 0 Å². The number of hydrogen-bond donors (Lipinski definition) is 1. The molecular formula is C13H13F2N3O. The molecule has 2 rings (SSSR count). The van der Waals surface area contributed by atoms with Gasteiger partial charge in [-0.1, -0.05) is 0 Å². The van der Waals surface area contributed by atoms with Crippen LogP contribution in [0.3, 0.4) is 0 Å². The third kappa shape index (κ3) is 3.37. The lowest BCUT2D eigenvalue weighted by Gasteiger charge is -2.12. The summed E-state index contributed by atoms with van der Waals surface area (Å²) in [6, 6.07) is 3.19. The summed E-state index contributed by atoms with van der Waals surface area (Å²) in [5.74, 6) is -2.20. The van der Waals surface area contributed by atoms with E-state index in [1.54, 1.807) is 23.3 Å². The molecule has 0 bridgehead atoms. The van der Waals surface area contributed by atoms with Crippen molar-refractivity contribution in [2.75, 3.05) is 5.32 Å². The van der Waals surface area contributed by atoms with Gasteiger partial charge in [-0.15, -0.1) is 0 Å². The lowest BCUT2D eigenvalue weighted by molar-refractivity contribution is -0.116. The predicted molar refractivity (Wildman–Crippen MR) is 66.5 cm³/mol. The van der Waals surface area contributed by atoms with Crippen molar-refractivity contribution in [3.63, 3.8) is 0 Å². The van der Waals surface area contributed by atoms with Gasteiger partial charge in [0.05, 0.1) is 6.33 Å². The first-order chi connectivity index (χ1) is 9.06. The van der Waals surface area contributed by atoms with Gasteiger partial charge in [0.1, 0.15) is 0 Å². The maximum atomic E-state index is 13.0. The first-order valence-corrected chi connectivity index (χ1v) is 5.78. The Bertz CT molecular complexity index is 569. The van der Waals surface area contributed by atoms with Gasteiger partial charge in [-0.3, -0.25) is 4.79 Å². The molecule has 0 saturated carbocycles. The number of nitrogens with one attached hydrogen (secondary N) is 1. The van der Waals surface area contributed by atoms with Crippen LogP contribution in [-0.2, 0) is 4.79 Å². The van der Waals surface area contributed by atoms with Gasteiger partial charge < -0.3 is 9.88 Å². The summed E-state index contributed by atoms with van der Waals surface area (Å²) >= 11 is 0. The molecule has 0 unspecified atom stereocenters. The van der Waals surface area contributed by atoms with Crippen molar-refractivity contribution < 1.29 is 13.6 Å². The van der Waals surface area contributed by atoms with Crippen LogP contribution in [0.15, 0.2) is 36.9 Å². The van der Waals surface area contributed by atoms with Gasteiger partial charge in [0, 0.05) is 36.6 Å². The van der Waals surface area contributed by atoms with E-state index in [-0.39, 0.29) is 24.1 Å². The van der Waals surface area contributed by atoms with E-state index in [1.165, 1.54) is 6.07 Å². The fourth-order valence-electron chi connectivity index (χ4n) is 1.69. The van der Waals surface area contributed by atoms with Gasteiger partial charge in [0.15, 0.2) is 11.6 Å². The number of nitrogens with zero attached hydrogens (tertiary/aromatic N) is 2. The van der Waals surface area contributed by atoms with E-state index in [9.17, 15) is 13.6 Å². The Morgan fingerprint density at radius 1 is 1.42 bits per heavy atom. The average Bonchev–Trinajstić information content (AvgIpc) is 2.87. The number of halogens is 2. The molecule has 1 aromatic carbocycles. The van der Waals surface area contributed by atoms with Crippen LogP contribution in [0.5, 0.6) is 0 Å².